The molecule has 0 saturated carbocycles. The highest BCUT2D eigenvalue weighted by molar-refractivity contribution is 9.09. The van der Waals surface area contributed by atoms with E-state index in [-0.39, 0.29) is 10.6 Å². The van der Waals surface area contributed by atoms with E-state index >= 15 is 0 Å². The molecule has 0 N–H and O–H groups in total. The second-order valence-corrected chi connectivity index (χ2v) is 6.58. The van der Waals surface area contributed by atoms with Crippen LogP contribution >= 0.6 is 38.9 Å². The molecule has 0 aliphatic rings. The third-order valence-corrected chi connectivity index (χ3v) is 5.55. The van der Waals surface area contributed by atoms with E-state index in [0.717, 1.165) is 20.3 Å². The number of halogens is 3. The van der Waals surface area contributed by atoms with Crippen molar-refractivity contribution in [1.82, 2.24) is 0 Å². The molecule has 2 aromatic rings. The number of thiophene rings is 1. The molecule has 0 aliphatic heterocycles. The summed E-state index contributed by atoms with van der Waals surface area (Å²) < 4.78 is 14.0. The molecule has 90 valence electrons. The Hall–Kier alpha value is -0.380. The lowest BCUT2D eigenvalue weighted by Crippen LogP contribution is -1.92. The van der Waals surface area contributed by atoms with Crippen LogP contribution in [-0.4, -0.2) is 0 Å². The quantitative estimate of drug-likeness (QED) is 0.624. The van der Waals surface area contributed by atoms with Gasteiger partial charge >= 0.3 is 0 Å². The predicted molar refractivity (Wildman–Crippen MR) is 76.0 cm³/mol. The van der Waals surface area contributed by atoms with Gasteiger partial charge in [-0.25, -0.2) is 4.39 Å². The van der Waals surface area contributed by atoms with Gasteiger partial charge < -0.3 is 0 Å². The molecule has 17 heavy (non-hydrogen) atoms. The minimum Gasteiger partial charge on any atom is -0.207 e. The summed E-state index contributed by atoms with van der Waals surface area (Å²) in [5.41, 5.74) is 2.78. The molecule has 1 heterocycles. The Labute approximate surface area is 118 Å². The van der Waals surface area contributed by atoms with Crippen molar-refractivity contribution in [3.63, 3.8) is 0 Å². The highest BCUT2D eigenvalue weighted by Gasteiger charge is 2.15. The molecule has 0 aliphatic carbocycles. The number of hydrogen-bond donors (Lipinski definition) is 0. The zero-order chi connectivity index (χ0) is 12.6. The lowest BCUT2D eigenvalue weighted by molar-refractivity contribution is 0.618. The molecule has 1 aromatic carbocycles. The molecule has 0 nitrogen and oxygen atoms in total. The van der Waals surface area contributed by atoms with Crippen molar-refractivity contribution in [3.05, 3.63) is 56.0 Å². The molecule has 1 aromatic heterocycles. The van der Waals surface area contributed by atoms with E-state index in [2.05, 4.69) is 22.0 Å². The van der Waals surface area contributed by atoms with Gasteiger partial charge in [0, 0.05) is 4.88 Å². The van der Waals surface area contributed by atoms with Crippen molar-refractivity contribution in [1.29, 1.82) is 0 Å². The first-order chi connectivity index (χ1) is 7.99. The van der Waals surface area contributed by atoms with E-state index in [4.69, 9.17) is 11.6 Å². The van der Waals surface area contributed by atoms with Crippen LogP contribution in [0.15, 0.2) is 24.3 Å². The van der Waals surface area contributed by atoms with Crippen molar-refractivity contribution in [2.24, 2.45) is 0 Å². The molecular weight excluding hydrogens is 323 g/mol. The SMILES string of the molecule is Cc1cc(C(Br)c2cc(C)c(Cl)s2)ccc1F. The molecule has 4 heteroatoms. The van der Waals surface area contributed by atoms with E-state index in [1.54, 1.807) is 24.3 Å². The molecule has 2 rings (SSSR count). The molecule has 0 spiro atoms. The number of alkyl halides is 1. The Bertz CT molecular complexity index is 531. The first-order valence-electron chi connectivity index (χ1n) is 5.15. The fraction of sp³-hybridized carbons (Fsp3) is 0.231. The lowest BCUT2D eigenvalue weighted by atomic mass is 10.1. The van der Waals surface area contributed by atoms with Gasteiger partial charge in [0.05, 0.1) is 9.16 Å². The van der Waals surface area contributed by atoms with Crippen molar-refractivity contribution in [2.75, 3.05) is 0 Å². The molecule has 1 atom stereocenters. The third kappa shape index (κ3) is 2.72. The molecule has 0 fully saturated rings. The number of rotatable bonds is 2. The Morgan fingerprint density at radius 1 is 1.24 bits per heavy atom. The van der Waals surface area contributed by atoms with Crippen LogP contribution < -0.4 is 0 Å². The minimum absolute atomic E-state index is 0.0676. The smallest absolute Gasteiger partial charge is 0.126 e. The molecule has 0 bridgehead atoms. The van der Waals surface area contributed by atoms with E-state index in [9.17, 15) is 4.39 Å². The molecule has 0 saturated heterocycles. The van der Waals surface area contributed by atoms with Gasteiger partial charge in [-0.05, 0) is 42.7 Å². The summed E-state index contributed by atoms with van der Waals surface area (Å²) in [4.78, 5) is 1.21. The van der Waals surface area contributed by atoms with Crippen LogP contribution in [0.2, 0.25) is 4.34 Å². The largest absolute Gasteiger partial charge is 0.207 e. The van der Waals surface area contributed by atoms with Gasteiger partial charge in [0.25, 0.3) is 0 Å². The summed E-state index contributed by atoms with van der Waals surface area (Å²) in [5, 5.41) is 0. The standard InChI is InChI=1S/C13H11BrClFS/c1-7-5-9(3-4-10(7)16)12(14)11-6-8(2)13(15)17-11/h3-6,12H,1-2H3. The van der Waals surface area contributed by atoms with Crippen molar-refractivity contribution < 1.29 is 4.39 Å². The van der Waals surface area contributed by atoms with Gasteiger partial charge in [0.15, 0.2) is 0 Å². The van der Waals surface area contributed by atoms with Crippen LogP contribution in [0, 0.1) is 19.7 Å². The minimum atomic E-state index is -0.172. The van der Waals surface area contributed by atoms with Gasteiger partial charge in [-0.15, -0.1) is 11.3 Å². The Kier molecular flexibility index (Phi) is 3.91. The summed E-state index contributed by atoms with van der Waals surface area (Å²) in [5.74, 6) is -0.172. The maximum atomic E-state index is 13.2. The second kappa shape index (κ2) is 5.09. The van der Waals surface area contributed by atoms with Gasteiger partial charge in [-0.2, -0.15) is 0 Å². The zero-order valence-electron chi connectivity index (χ0n) is 9.43. The van der Waals surface area contributed by atoms with Crippen LogP contribution in [0.3, 0.4) is 0 Å². The number of hydrogen-bond acceptors (Lipinski definition) is 1. The highest BCUT2D eigenvalue weighted by Crippen LogP contribution is 2.39. The zero-order valence-corrected chi connectivity index (χ0v) is 12.6. The van der Waals surface area contributed by atoms with Gasteiger partial charge in [0.1, 0.15) is 5.82 Å². The Morgan fingerprint density at radius 3 is 2.47 bits per heavy atom. The summed E-state index contributed by atoms with van der Waals surface area (Å²) in [6, 6.07) is 7.22. The summed E-state index contributed by atoms with van der Waals surface area (Å²) in [6.45, 7) is 3.75. The first-order valence-corrected chi connectivity index (χ1v) is 7.26. The van der Waals surface area contributed by atoms with E-state index in [0.29, 0.717) is 5.56 Å². The monoisotopic (exact) mass is 332 g/mol. The number of benzene rings is 1. The average Bonchev–Trinajstić information content (AvgIpc) is 2.62. The van der Waals surface area contributed by atoms with Crippen LogP contribution in [0.4, 0.5) is 4.39 Å². The fourth-order valence-corrected chi connectivity index (χ4v) is 3.52. The number of aryl methyl sites for hydroxylation is 2. The van der Waals surface area contributed by atoms with Crippen LogP contribution in [-0.2, 0) is 0 Å². The van der Waals surface area contributed by atoms with E-state index in [1.165, 1.54) is 6.07 Å². The van der Waals surface area contributed by atoms with Crippen LogP contribution in [0.25, 0.3) is 0 Å². The average molecular weight is 334 g/mol. The van der Waals surface area contributed by atoms with Gasteiger partial charge in [-0.3, -0.25) is 0 Å². The van der Waals surface area contributed by atoms with Crippen molar-refractivity contribution in [3.8, 4) is 0 Å². The molecule has 0 amide bonds. The van der Waals surface area contributed by atoms with Crippen LogP contribution in [0.1, 0.15) is 26.4 Å². The first kappa shape index (κ1) is 13.1. The summed E-state index contributed by atoms with van der Waals surface area (Å²) >= 11 is 11.2. The van der Waals surface area contributed by atoms with Gasteiger partial charge in [-0.1, -0.05) is 39.7 Å². The second-order valence-electron chi connectivity index (χ2n) is 3.98. The van der Waals surface area contributed by atoms with Crippen LogP contribution in [0.5, 0.6) is 0 Å². The summed E-state index contributed by atoms with van der Waals surface area (Å²) in [6.07, 6.45) is 0. The Balaban J connectivity index is 2.36. The maximum absolute atomic E-state index is 13.2. The normalized spacial score (nSPS) is 12.8. The lowest BCUT2D eigenvalue weighted by Gasteiger charge is -2.09. The van der Waals surface area contributed by atoms with E-state index in [1.807, 2.05) is 13.0 Å². The predicted octanol–water partition coefficient (Wildman–Crippen LogP) is 5.64. The molecule has 1 unspecified atom stereocenters. The molecule has 0 radical (unpaired) electrons. The Morgan fingerprint density at radius 2 is 1.94 bits per heavy atom. The topological polar surface area (TPSA) is 0 Å². The summed E-state index contributed by atoms with van der Waals surface area (Å²) in [7, 11) is 0. The van der Waals surface area contributed by atoms with E-state index < -0.39 is 0 Å². The van der Waals surface area contributed by atoms with Crippen molar-refractivity contribution >= 4 is 38.9 Å². The highest BCUT2D eigenvalue weighted by atomic mass is 79.9. The molecular formula is C13H11BrClFS. The fourth-order valence-electron chi connectivity index (χ4n) is 1.60. The van der Waals surface area contributed by atoms with Gasteiger partial charge in [0.2, 0.25) is 0 Å². The third-order valence-electron chi connectivity index (χ3n) is 2.60. The van der Waals surface area contributed by atoms with Crippen molar-refractivity contribution in [2.45, 2.75) is 18.7 Å². The maximum Gasteiger partial charge on any atom is 0.126 e.